The minimum atomic E-state index is -0.544. The quantitative estimate of drug-likeness (QED) is 0.418. The number of carbonyl (C=O) groups excluding carboxylic acids is 1. The Morgan fingerprint density at radius 1 is 1.18 bits per heavy atom. The van der Waals surface area contributed by atoms with Crippen LogP contribution >= 0.6 is 11.6 Å². The van der Waals surface area contributed by atoms with Gasteiger partial charge in [-0.15, -0.1) is 0 Å². The fourth-order valence-electron chi connectivity index (χ4n) is 5.05. The summed E-state index contributed by atoms with van der Waals surface area (Å²) >= 11 is 6.48. The molecule has 1 amide bonds. The lowest BCUT2D eigenvalue weighted by Crippen LogP contribution is -2.53. The molecule has 4 heterocycles. The zero-order chi connectivity index (χ0) is 27.4. The van der Waals surface area contributed by atoms with Crippen LogP contribution in [-0.4, -0.2) is 64.1 Å². The summed E-state index contributed by atoms with van der Waals surface area (Å²) in [5.41, 5.74) is 8.61. The van der Waals surface area contributed by atoms with Crippen LogP contribution < -0.4 is 20.4 Å². The van der Waals surface area contributed by atoms with Crippen LogP contribution in [0.4, 0.5) is 17.6 Å². The Hall–Kier alpha value is -3.46. The van der Waals surface area contributed by atoms with Crippen molar-refractivity contribution in [1.82, 2.24) is 19.9 Å². The number of nitrogens with two attached hydrogens (primary N) is 1. The highest BCUT2D eigenvalue weighted by atomic mass is 35.5. The summed E-state index contributed by atoms with van der Waals surface area (Å²) in [6.45, 7) is 13.8. The summed E-state index contributed by atoms with van der Waals surface area (Å²) in [6.07, 6.45) is 7.36. The van der Waals surface area contributed by atoms with Crippen molar-refractivity contribution in [2.24, 2.45) is 5.73 Å². The molecular weight excluding hydrogens is 500 g/mol. The monoisotopic (exact) mass is 536 g/mol. The molecule has 38 heavy (non-hydrogen) atoms. The Bertz CT molecular complexity index is 1290. The number of amides is 1. The third-order valence-electron chi connectivity index (χ3n) is 7.04. The number of hydrogen-bond acceptors (Lipinski definition) is 8. The van der Waals surface area contributed by atoms with E-state index in [1.165, 1.54) is 6.20 Å². The van der Waals surface area contributed by atoms with E-state index in [1.54, 1.807) is 6.07 Å². The minimum Gasteiger partial charge on any atom is -0.366 e. The van der Waals surface area contributed by atoms with Gasteiger partial charge in [0.2, 0.25) is 11.9 Å². The first-order chi connectivity index (χ1) is 18.2. The molecule has 0 aliphatic carbocycles. The Labute approximate surface area is 230 Å². The molecule has 0 aromatic carbocycles. The van der Waals surface area contributed by atoms with Gasteiger partial charge in [0.05, 0.1) is 16.3 Å². The maximum absolute atomic E-state index is 11.5. The van der Waals surface area contributed by atoms with E-state index in [0.717, 1.165) is 54.5 Å². The Balaban J connectivity index is 1.67. The maximum atomic E-state index is 11.5. The van der Waals surface area contributed by atoms with E-state index in [-0.39, 0.29) is 6.04 Å². The molecule has 0 radical (unpaired) electrons. The summed E-state index contributed by atoms with van der Waals surface area (Å²) < 4.78 is 0. The van der Waals surface area contributed by atoms with Crippen molar-refractivity contribution in [3.8, 4) is 11.3 Å². The number of halogens is 1. The topological polar surface area (TPSA) is 104 Å². The molecule has 2 atom stereocenters. The van der Waals surface area contributed by atoms with E-state index in [0.29, 0.717) is 35.5 Å². The third kappa shape index (κ3) is 5.99. The molecule has 1 aliphatic rings. The first-order valence-electron chi connectivity index (χ1n) is 13.3. The summed E-state index contributed by atoms with van der Waals surface area (Å²) in [6, 6.07) is 6.22. The van der Waals surface area contributed by atoms with Crippen molar-refractivity contribution in [3.63, 3.8) is 0 Å². The summed E-state index contributed by atoms with van der Waals surface area (Å²) in [7, 11) is 0. The zero-order valence-electron chi connectivity index (χ0n) is 22.9. The van der Waals surface area contributed by atoms with E-state index in [4.69, 9.17) is 27.3 Å². The van der Waals surface area contributed by atoms with Crippen molar-refractivity contribution in [2.75, 3.05) is 40.9 Å². The second-order valence-electron chi connectivity index (χ2n) is 9.97. The lowest BCUT2D eigenvalue weighted by atomic mass is 10.1. The van der Waals surface area contributed by atoms with E-state index < -0.39 is 5.91 Å². The predicted molar refractivity (Wildman–Crippen MR) is 154 cm³/mol. The van der Waals surface area contributed by atoms with Gasteiger partial charge in [-0.25, -0.2) is 9.97 Å². The predicted octanol–water partition coefficient (Wildman–Crippen LogP) is 4.72. The molecule has 4 rings (SSSR count). The molecule has 3 aromatic heterocycles. The van der Waals surface area contributed by atoms with Gasteiger partial charge in [-0.1, -0.05) is 24.9 Å². The Morgan fingerprint density at radius 2 is 1.97 bits per heavy atom. The standard InChI is InChI=1S/C28H37ClN8O/c1-6-8-19(4)36(7-2)28-33-24(21-11-18(3)14-31-15-21)13-25(34-28)37-10-9-35(17-20(37)5)27-23(29)12-22(16-32-27)26(30)38/h11-16,19-20H,6-10,17H2,1-5H3,(H2,30,38)/t19-,20-/m0/s1. The minimum absolute atomic E-state index is 0.131. The van der Waals surface area contributed by atoms with Crippen molar-refractivity contribution < 1.29 is 4.79 Å². The van der Waals surface area contributed by atoms with Crippen LogP contribution in [0.3, 0.4) is 0 Å². The van der Waals surface area contributed by atoms with Crippen LogP contribution in [0.2, 0.25) is 5.02 Å². The van der Waals surface area contributed by atoms with E-state index >= 15 is 0 Å². The van der Waals surface area contributed by atoms with Gasteiger partial charge in [-0.3, -0.25) is 9.78 Å². The fraction of sp³-hybridized carbons (Fsp3) is 0.464. The molecule has 1 fully saturated rings. The van der Waals surface area contributed by atoms with Crippen LogP contribution in [-0.2, 0) is 0 Å². The third-order valence-corrected chi connectivity index (χ3v) is 7.31. The SMILES string of the molecule is CCC[C@H](C)N(CC)c1nc(-c2cncc(C)c2)cc(N2CCN(c3ncc(C(N)=O)cc3Cl)C[C@@H]2C)n1. The van der Waals surface area contributed by atoms with Crippen LogP contribution in [0.1, 0.15) is 56.5 Å². The molecule has 0 spiro atoms. The van der Waals surface area contributed by atoms with Gasteiger partial charge in [-0.2, -0.15) is 4.98 Å². The van der Waals surface area contributed by atoms with Gasteiger partial charge in [0, 0.05) is 68.5 Å². The molecule has 0 bridgehead atoms. The molecule has 0 saturated carbocycles. The van der Waals surface area contributed by atoms with Crippen LogP contribution in [0.25, 0.3) is 11.3 Å². The number of hydrogen-bond donors (Lipinski definition) is 1. The number of aryl methyl sites for hydroxylation is 1. The Kier molecular flexibility index (Phi) is 8.66. The number of piperazine rings is 1. The van der Waals surface area contributed by atoms with Crippen molar-refractivity contribution >= 4 is 35.1 Å². The molecule has 202 valence electrons. The van der Waals surface area contributed by atoms with Crippen molar-refractivity contribution in [2.45, 2.75) is 59.5 Å². The van der Waals surface area contributed by atoms with Crippen molar-refractivity contribution in [3.05, 3.63) is 52.9 Å². The van der Waals surface area contributed by atoms with E-state index in [2.05, 4.69) is 64.5 Å². The van der Waals surface area contributed by atoms with Gasteiger partial charge >= 0.3 is 0 Å². The highest BCUT2D eigenvalue weighted by Gasteiger charge is 2.28. The summed E-state index contributed by atoms with van der Waals surface area (Å²) in [5.74, 6) is 1.74. The van der Waals surface area contributed by atoms with Gasteiger partial charge in [0.1, 0.15) is 11.6 Å². The zero-order valence-corrected chi connectivity index (χ0v) is 23.6. The average molecular weight is 537 g/mol. The highest BCUT2D eigenvalue weighted by molar-refractivity contribution is 6.33. The molecular formula is C28H37ClN8O. The second-order valence-corrected chi connectivity index (χ2v) is 10.4. The fourth-order valence-corrected chi connectivity index (χ4v) is 5.34. The summed E-state index contributed by atoms with van der Waals surface area (Å²) in [5, 5.41) is 0.420. The van der Waals surface area contributed by atoms with Crippen LogP contribution in [0, 0.1) is 6.92 Å². The van der Waals surface area contributed by atoms with Crippen molar-refractivity contribution in [1.29, 1.82) is 0 Å². The number of rotatable bonds is 9. The summed E-state index contributed by atoms with van der Waals surface area (Å²) in [4.78, 5) is 37.2. The molecule has 10 heteroatoms. The number of primary amides is 1. The molecule has 1 aliphatic heterocycles. The molecule has 9 nitrogen and oxygen atoms in total. The highest BCUT2D eigenvalue weighted by Crippen LogP contribution is 2.31. The first kappa shape index (κ1) is 27.6. The van der Waals surface area contributed by atoms with Gasteiger partial charge in [0.15, 0.2) is 0 Å². The lowest BCUT2D eigenvalue weighted by molar-refractivity contribution is 0.1000. The largest absolute Gasteiger partial charge is 0.366 e. The normalized spacial score (nSPS) is 16.4. The van der Waals surface area contributed by atoms with Gasteiger partial charge in [0.25, 0.3) is 0 Å². The Morgan fingerprint density at radius 3 is 2.61 bits per heavy atom. The molecule has 2 N–H and O–H groups in total. The smallest absolute Gasteiger partial charge is 0.250 e. The van der Waals surface area contributed by atoms with Gasteiger partial charge < -0.3 is 20.4 Å². The van der Waals surface area contributed by atoms with Crippen LogP contribution in [0.15, 0.2) is 36.8 Å². The molecule has 3 aromatic rings. The lowest BCUT2D eigenvalue weighted by Gasteiger charge is -2.41. The number of aromatic nitrogens is 4. The number of nitrogens with zero attached hydrogens (tertiary/aromatic N) is 7. The maximum Gasteiger partial charge on any atom is 0.250 e. The van der Waals surface area contributed by atoms with Gasteiger partial charge in [-0.05, 0) is 51.8 Å². The van der Waals surface area contributed by atoms with Crippen LogP contribution in [0.5, 0.6) is 0 Å². The molecule has 0 unspecified atom stereocenters. The first-order valence-corrected chi connectivity index (χ1v) is 13.6. The number of anilines is 3. The van der Waals surface area contributed by atoms with E-state index in [9.17, 15) is 4.79 Å². The average Bonchev–Trinajstić information content (AvgIpc) is 2.89. The van der Waals surface area contributed by atoms with E-state index in [1.807, 2.05) is 19.3 Å². The second kappa shape index (κ2) is 11.9. The number of pyridine rings is 2. The number of carbonyl (C=O) groups is 1. The molecule has 1 saturated heterocycles.